The minimum Gasteiger partial charge on any atom is -0.310 e. The number of rotatable bonds is 10. The second-order valence-electron chi connectivity index (χ2n) is 20.8. The maximum absolute atomic E-state index is 2.48. The summed E-state index contributed by atoms with van der Waals surface area (Å²) in [7, 11) is 0. The van der Waals surface area contributed by atoms with Crippen molar-refractivity contribution in [3.05, 3.63) is 254 Å². The third kappa shape index (κ3) is 7.74. The Morgan fingerprint density at radius 3 is 1.05 bits per heavy atom. The first-order valence-electron chi connectivity index (χ1n) is 26.5. The fraction of sp³-hybridized carbons (Fsp3) is 0.0833. The average molecular weight is 1010 g/mol. The maximum atomic E-state index is 2.48. The van der Waals surface area contributed by atoms with Crippen LogP contribution in [0.1, 0.15) is 50.7 Å². The minimum absolute atomic E-state index is 0.345. The summed E-state index contributed by atoms with van der Waals surface area (Å²) in [5, 5.41) is 12.6. The SMILES string of the molecule is CC(C)c1ccc2c(c1)c(N(c1ccccc1)c1ccc(-c3cccc4c3sc3ccccc34)cc1)cc1c3ccc(C(C)C)cc3c(N(c3ccccc3)c3ccc(-c4cccc5c4sc4ccccc45)cc3)cc21. The van der Waals surface area contributed by atoms with Crippen LogP contribution in [-0.4, -0.2) is 0 Å². The second kappa shape index (κ2) is 18.7. The number of benzene rings is 12. The molecule has 0 radical (unpaired) electrons. The van der Waals surface area contributed by atoms with Crippen LogP contribution in [0, 0.1) is 0 Å². The first kappa shape index (κ1) is 46.0. The van der Waals surface area contributed by atoms with Gasteiger partial charge in [0.05, 0.1) is 11.4 Å². The number of hydrogen-bond acceptors (Lipinski definition) is 4. The summed E-state index contributed by atoms with van der Waals surface area (Å²) >= 11 is 3.77. The number of anilines is 6. The molecule has 14 rings (SSSR count). The fourth-order valence-corrected chi connectivity index (χ4v) is 14.1. The highest BCUT2D eigenvalue weighted by molar-refractivity contribution is 7.26. The zero-order valence-electron chi connectivity index (χ0n) is 43.0. The van der Waals surface area contributed by atoms with E-state index in [4.69, 9.17) is 0 Å². The predicted octanol–water partition coefficient (Wildman–Crippen LogP) is 22.4. The Bertz CT molecular complexity index is 4220. The van der Waals surface area contributed by atoms with E-state index in [0.29, 0.717) is 11.8 Å². The second-order valence-corrected chi connectivity index (χ2v) is 22.9. The number of fused-ring (bicyclic) bond motifs is 11. The van der Waals surface area contributed by atoms with Gasteiger partial charge in [0.25, 0.3) is 0 Å². The van der Waals surface area contributed by atoms with Crippen LogP contribution in [0.3, 0.4) is 0 Å². The van der Waals surface area contributed by atoms with E-state index in [-0.39, 0.29) is 0 Å². The van der Waals surface area contributed by atoms with Crippen molar-refractivity contribution in [2.45, 2.75) is 39.5 Å². The van der Waals surface area contributed by atoms with Gasteiger partial charge in [-0.2, -0.15) is 0 Å². The van der Waals surface area contributed by atoms with E-state index in [1.807, 2.05) is 22.7 Å². The van der Waals surface area contributed by atoms with Crippen LogP contribution in [0.5, 0.6) is 0 Å². The molecule has 0 aliphatic carbocycles. The maximum Gasteiger partial charge on any atom is 0.0546 e. The van der Waals surface area contributed by atoms with Crippen molar-refractivity contribution in [3.63, 3.8) is 0 Å². The molecule has 0 aliphatic rings. The van der Waals surface area contributed by atoms with Crippen LogP contribution in [0.2, 0.25) is 0 Å². The third-order valence-electron chi connectivity index (χ3n) is 15.6. The van der Waals surface area contributed by atoms with Crippen molar-refractivity contribution in [3.8, 4) is 22.3 Å². The van der Waals surface area contributed by atoms with Gasteiger partial charge >= 0.3 is 0 Å². The lowest BCUT2D eigenvalue weighted by atomic mass is 9.89. The zero-order valence-corrected chi connectivity index (χ0v) is 44.6. The topological polar surface area (TPSA) is 6.48 Å². The van der Waals surface area contributed by atoms with Crippen molar-refractivity contribution in [1.82, 2.24) is 0 Å². The molecule has 0 spiro atoms. The number of hydrogen-bond donors (Lipinski definition) is 0. The molecule has 2 aromatic heterocycles. The van der Waals surface area contributed by atoms with Crippen molar-refractivity contribution in [2.24, 2.45) is 0 Å². The lowest BCUT2D eigenvalue weighted by molar-refractivity contribution is 0.868. The van der Waals surface area contributed by atoms with E-state index in [0.717, 1.165) is 34.1 Å². The van der Waals surface area contributed by atoms with Gasteiger partial charge in [-0.05, 0) is 152 Å². The monoisotopic (exact) mass is 1010 g/mol. The Morgan fingerprint density at radius 1 is 0.276 bits per heavy atom. The Balaban J connectivity index is 0.979. The molecule has 0 unspecified atom stereocenters. The van der Waals surface area contributed by atoms with Gasteiger partial charge in [0.15, 0.2) is 0 Å². The van der Waals surface area contributed by atoms with Crippen molar-refractivity contribution in [2.75, 3.05) is 9.80 Å². The molecule has 0 bridgehead atoms. The van der Waals surface area contributed by atoms with Gasteiger partial charge < -0.3 is 9.80 Å². The molecule has 364 valence electrons. The van der Waals surface area contributed by atoms with Gasteiger partial charge in [-0.25, -0.2) is 0 Å². The van der Waals surface area contributed by atoms with Gasteiger partial charge in [0.1, 0.15) is 0 Å². The van der Waals surface area contributed by atoms with Crippen molar-refractivity contribution >= 4 is 129 Å². The van der Waals surface area contributed by atoms with Crippen LogP contribution < -0.4 is 9.80 Å². The molecule has 12 aromatic carbocycles. The van der Waals surface area contributed by atoms with Gasteiger partial charge in [0, 0.05) is 73.9 Å². The molecule has 0 atom stereocenters. The quantitative estimate of drug-likeness (QED) is 0.126. The largest absolute Gasteiger partial charge is 0.310 e. The zero-order chi connectivity index (χ0) is 51.0. The van der Waals surface area contributed by atoms with Crippen LogP contribution in [0.4, 0.5) is 34.1 Å². The lowest BCUT2D eigenvalue weighted by Crippen LogP contribution is -2.12. The smallest absolute Gasteiger partial charge is 0.0546 e. The molecular weight excluding hydrogens is 957 g/mol. The van der Waals surface area contributed by atoms with Gasteiger partial charge in [-0.3, -0.25) is 0 Å². The summed E-state index contributed by atoms with van der Waals surface area (Å²) in [5.41, 5.74) is 14.3. The Kier molecular flexibility index (Phi) is 11.3. The highest BCUT2D eigenvalue weighted by Gasteiger charge is 2.24. The van der Waals surface area contributed by atoms with E-state index >= 15 is 0 Å². The summed E-state index contributed by atoms with van der Waals surface area (Å²) in [6.45, 7) is 9.21. The Hall–Kier alpha value is -8.54. The van der Waals surface area contributed by atoms with E-state index in [1.54, 1.807) is 0 Å². The Labute approximate surface area is 452 Å². The number of thiophene rings is 2. The molecule has 0 saturated heterocycles. The highest BCUT2D eigenvalue weighted by atomic mass is 32.1. The van der Waals surface area contributed by atoms with Crippen LogP contribution in [0.25, 0.3) is 94.9 Å². The molecule has 0 amide bonds. The van der Waals surface area contributed by atoms with Crippen molar-refractivity contribution < 1.29 is 0 Å². The minimum atomic E-state index is 0.345. The first-order chi connectivity index (χ1) is 37.3. The van der Waals surface area contributed by atoms with E-state index in [2.05, 4.69) is 280 Å². The summed E-state index contributed by atoms with van der Waals surface area (Å²) in [5.74, 6) is 0.691. The van der Waals surface area contributed by atoms with E-state index in [1.165, 1.54) is 106 Å². The number of nitrogens with zero attached hydrogens (tertiary/aromatic N) is 2. The van der Waals surface area contributed by atoms with Crippen molar-refractivity contribution in [1.29, 1.82) is 0 Å². The molecule has 2 nitrogen and oxygen atoms in total. The normalized spacial score (nSPS) is 11.9. The first-order valence-corrected chi connectivity index (χ1v) is 28.2. The highest BCUT2D eigenvalue weighted by Crippen LogP contribution is 2.50. The standard InChI is InChI=1S/C72H54N2S2/c1-45(2)49-33-39-57-63-44-68(74(52-19-9-6-10-20-52)54-37-31-48(32-38-54)56-24-16-26-62-60-22-12-14-28-70(60)76-72(56)62)66-42-50(46(3)4)34-40-58(66)64(63)43-67(65(57)41-49)73(51-17-7-5-8-18-51)53-35-29-47(30-36-53)55-23-15-25-61-59-21-11-13-27-69(59)75-71(55)61/h5-46H,1-4H3. The molecule has 4 heteroatoms. The molecule has 0 fully saturated rings. The third-order valence-corrected chi connectivity index (χ3v) is 18.0. The number of para-hydroxylation sites is 2. The van der Waals surface area contributed by atoms with E-state index in [9.17, 15) is 0 Å². The van der Waals surface area contributed by atoms with Crippen LogP contribution >= 0.6 is 22.7 Å². The molecular formula is C72H54N2S2. The lowest BCUT2D eigenvalue weighted by Gasteiger charge is -2.30. The summed E-state index contributed by atoms with van der Waals surface area (Å²) in [4.78, 5) is 4.96. The summed E-state index contributed by atoms with van der Waals surface area (Å²) in [6, 6.07) is 90.8. The molecule has 2 heterocycles. The molecule has 76 heavy (non-hydrogen) atoms. The Morgan fingerprint density at radius 2 is 0.645 bits per heavy atom. The van der Waals surface area contributed by atoms with E-state index < -0.39 is 0 Å². The summed E-state index contributed by atoms with van der Waals surface area (Å²) < 4.78 is 5.29. The molecule has 0 N–H and O–H groups in total. The van der Waals surface area contributed by atoms with Gasteiger partial charge in [-0.15, -0.1) is 22.7 Å². The fourth-order valence-electron chi connectivity index (χ4n) is 11.7. The molecule has 0 saturated carbocycles. The predicted molar refractivity (Wildman–Crippen MR) is 333 cm³/mol. The molecule has 0 aliphatic heterocycles. The summed E-state index contributed by atoms with van der Waals surface area (Å²) in [6.07, 6.45) is 0. The van der Waals surface area contributed by atoms with Crippen LogP contribution in [0.15, 0.2) is 243 Å². The van der Waals surface area contributed by atoms with Gasteiger partial charge in [-0.1, -0.05) is 185 Å². The molecule has 14 aromatic rings. The van der Waals surface area contributed by atoms with Gasteiger partial charge in [0.2, 0.25) is 0 Å². The van der Waals surface area contributed by atoms with Crippen LogP contribution in [-0.2, 0) is 0 Å². The average Bonchev–Trinajstić information content (AvgIpc) is 4.09.